The first-order valence-corrected chi connectivity index (χ1v) is 8.89. The Morgan fingerprint density at radius 1 is 1.14 bits per heavy atom. The van der Waals surface area contributed by atoms with E-state index in [2.05, 4.69) is 40.7 Å². The van der Waals surface area contributed by atoms with E-state index in [0.29, 0.717) is 11.3 Å². The van der Waals surface area contributed by atoms with Crippen LogP contribution in [-0.4, -0.2) is 0 Å². The highest BCUT2D eigenvalue weighted by atomic mass is 14.7. The second kappa shape index (κ2) is 4.91. The van der Waals surface area contributed by atoms with E-state index in [1.165, 1.54) is 36.8 Å². The molecule has 0 aromatic heterocycles. The van der Waals surface area contributed by atoms with Gasteiger partial charge in [0.15, 0.2) is 0 Å². The van der Waals surface area contributed by atoms with Crippen LogP contribution < -0.4 is 11.5 Å². The van der Waals surface area contributed by atoms with Gasteiger partial charge in [-0.05, 0) is 65.5 Å². The highest BCUT2D eigenvalue weighted by Crippen LogP contribution is 2.58. The molecule has 2 atom stereocenters. The second-order valence-electron chi connectivity index (χ2n) is 8.82. The van der Waals surface area contributed by atoms with Crippen LogP contribution in [0.3, 0.4) is 0 Å². The molecule has 1 fully saturated rings. The van der Waals surface area contributed by atoms with Gasteiger partial charge in [-0.25, -0.2) is 0 Å². The lowest BCUT2D eigenvalue weighted by Gasteiger charge is -2.54. The molecule has 0 spiro atoms. The number of nitrogens with two attached hydrogens (primary N) is 2. The van der Waals surface area contributed by atoms with Crippen molar-refractivity contribution in [1.29, 1.82) is 0 Å². The molecule has 0 heterocycles. The summed E-state index contributed by atoms with van der Waals surface area (Å²) in [5.74, 6) is 1.13. The molecular weight excluding hydrogens is 268 g/mol. The van der Waals surface area contributed by atoms with Gasteiger partial charge < -0.3 is 11.5 Å². The summed E-state index contributed by atoms with van der Waals surface area (Å²) in [5.41, 5.74) is 19.5. The highest BCUT2D eigenvalue weighted by molar-refractivity contribution is 5.71. The SMILES string of the molecule is CC(C)c1c(N)cc2c(c1N)CC[C@H]1C(C)(C)CCC[C@]21C. The zero-order valence-electron chi connectivity index (χ0n) is 14.9. The third kappa shape index (κ3) is 2.06. The summed E-state index contributed by atoms with van der Waals surface area (Å²) >= 11 is 0. The van der Waals surface area contributed by atoms with Gasteiger partial charge in [-0.15, -0.1) is 0 Å². The van der Waals surface area contributed by atoms with Crippen molar-refractivity contribution in [3.63, 3.8) is 0 Å². The van der Waals surface area contributed by atoms with Crippen LogP contribution in [-0.2, 0) is 11.8 Å². The number of benzene rings is 1. The number of anilines is 2. The van der Waals surface area contributed by atoms with E-state index >= 15 is 0 Å². The fraction of sp³-hybridized carbons (Fsp3) is 0.700. The first-order valence-electron chi connectivity index (χ1n) is 8.89. The summed E-state index contributed by atoms with van der Waals surface area (Å²) in [6, 6.07) is 2.27. The van der Waals surface area contributed by atoms with E-state index in [4.69, 9.17) is 11.5 Å². The molecule has 2 aliphatic rings. The smallest absolute Gasteiger partial charge is 0.0405 e. The molecule has 1 aromatic carbocycles. The first kappa shape index (κ1) is 15.7. The molecule has 0 bridgehead atoms. The third-order valence-corrected chi connectivity index (χ3v) is 6.66. The number of rotatable bonds is 1. The fourth-order valence-electron chi connectivity index (χ4n) is 5.65. The predicted molar refractivity (Wildman–Crippen MR) is 96.2 cm³/mol. The van der Waals surface area contributed by atoms with Gasteiger partial charge in [0.2, 0.25) is 0 Å². The average molecular weight is 300 g/mol. The first-order chi connectivity index (χ1) is 10.2. The van der Waals surface area contributed by atoms with Crippen LogP contribution >= 0.6 is 0 Å². The Hall–Kier alpha value is -1.18. The average Bonchev–Trinajstić information content (AvgIpc) is 2.38. The Bertz CT molecular complexity index is 600. The summed E-state index contributed by atoms with van der Waals surface area (Å²) in [6.07, 6.45) is 6.31. The van der Waals surface area contributed by atoms with Crippen LogP contribution in [0.5, 0.6) is 0 Å². The minimum atomic E-state index is 0.243. The zero-order valence-corrected chi connectivity index (χ0v) is 14.9. The standard InChI is InChI=1S/C20H32N2/c1-12(2)17-15(21)11-14-13(18(17)22)7-8-16-19(3,4)9-6-10-20(14,16)5/h11-12,16H,6-10,21-22H2,1-5H3/t16-,20+/m0/s1. The summed E-state index contributed by atoms with van der Waals surface area (Å²) < 4.78 is 0. The van der Waals surface area contributed by atoms with Crippen molar-refractivity contribution in [3.05, 3.63) is 22.8 Å². The predicted octanol–water partition coefficient (Wildman–Crippen LogP) is 5.00. The molecule has 2 heteroatoms. The fourth-order valence-corrected chi connectivity index (χ4v) is 5.65. The van der Waals surface area contributed by atoms with E-state index in [9.17, 15) is 0 Å². The van der Waals surface area contributed by atoms with Crippen LogP contribution in [0, 0.1) is 11.3 Å². The molecule has 122 valence electrons. The van der Waals surface area contributed by atoms with Crippen LogP contribution in [0.1, 0.15) is 82.9 Å². The van der Waals surface area contributed by atoms with Gasteiger partial charge in [0.25, 0.3) is 0 Å². The molecule has 0 amide bonds. The summed E-state index contributed by atoms with van der Waals surface area (Å²) in [6.45, 7) is 11.7. The minimum absolute atomic E-state index is 0.243. The minimum Gasteiger partial charge on any atom is -0.398 e. The topological polar surface area (TPSA) is 52.0 Å². The van der Waals surface area contributed by atoms with Crippen molar-refractivity contribution in [1.82, 2.24) is 0 Å². The third-order valence-electron chi connectivity index (χ3n) is 6.66. The molecule has 22 heavy (non-hydrogen) atoms. The monoisotopic (exact) mass is 300 g/mol. The molecule has 4 N–H and O–H groups in total. The van der Waals surface area contributed by atoms with Crippen molar-refractivity contribution in [2.75, 3.05) is 11.5 Å². The van der Waals surface area contributed by atoms with Gasteiger partial charge in [-0.3, -0.25) is 0 Å². The lowest BCUT2D eigenvalue weighted by atomic mass is 9.50. The quantitative estimate of drug-likeness (QED) is 0.717. The number of hydrogen-bond donors (Lipinski definition) is 2. The molecule has 0 radical (unpaired) electrons. The number of fused-ring (bicyclic) bond motifs is 3. The highest BCUT2D eigenvalue weighted by Gasteiger charge is 2.50. The normalized spacial score (nSPS) is 30.0. The van der Waals surface area contributed by atoms with E-state index in [-0.39, 0.29) is 5.41 Å². The Labute approximate surface area is 135 Å². The lowest BCUT2D eigenvalue weighted by Crippen LogP contribution is -2.48. The van der Waals surface area contributed by atoms with Crippen molar-refractivity contribution in [3.8, 4) is 0 Å². The summed E-state index contributed by atoms with van der Waals surface area (Å²) in [4.78, 5) is 0. The maximum absolute atomic E-state index is 6.57. The summed E-state index contributed by atoms with van der Waals surface area (Å²) in [5, 5.41) is 0. The zero-order chi connectivity index (χ0) is 16.3. The largest absolute Gasteiger partial charge is 0.398 e. The Morgan fingerprint density at radius 3 is 2.45 bits per heavy atom. The van der Waals surface area contributed by atoms with Gasteiger partial charge >= 0.3 is 0 Å². The van der Waals surface area contributed by atoms with Gasteiger partial charge in [-0.2, -0.15) is 0 Å². The van der Waals surface area contributed by atoms with Crippen molar-refractivity contribution < 1.29 is 0 Å². The Balaban J connectivity index is 2.19. The maximum Gasteiger partial charge on any atom is 0.0405 e. The van der Waals surface area contributed by atoms with Gasteiger partial charge in [-0.1, -0.05) is 41.0 Å². The molecule has 0 saturated heterocycles. The van der Waals surface area contributed by atoms with E-state index < -0.39 is 0 Å². The van der Waals surface area contributed by atoms with E-state index in [0.717, 1.165) is 29.3 Å². The Kier molecular flexibility index (Phi) is 3.50. The molecule has 2 aliphatic carbocycles. The maximum atomic E-state index is 6.57. The molecule has 1 aromatic rings. The molecule has 3 rings (SSSR count). The van der Waals surface area contributed by atoms with Gasteiger partial charge in [0, 0.05) is 16.9 Å². The van der Waals surface area contributed by atoms with Crippen LogP contribution in [0.2, 0.25) is 0 Å². The second-order valence-corrected chi connectivity index (χ2v) is 8.82. The lowest BCUT2D eigenvalue weighted by molar-refractivity contribution is 0.0409. The van der Waals surface area contributed by atoms with Crippen LogP contribution in [0.25, 0.3) is 0 Å². The molecule has 2 nitrogen and oxygen atoms in total. The number of nitrogen functional groups attached to an aromatic ring is 2. The number of hydrogen-bond acceptors (Lipinski definition) is 2. The van der Waals surface area contributed by atoms with Gasteiger partial charge in [0.05, 0.1) is 0 Å². The van der Waals surface area contributed by atoms with E-state index in [1.54, 1.807) is 0 Å². The van der Waals surface area contributed by atoms with Crippen molar-refractivity contribution in [2.24, 2.45) is 11.3 Å². The molecule has 1 saturated carbocycles. The van der Waals surface area contributed by atoms with Crippen LogP contribution in [0.4, 0.5) is 11.4 Å². The Morgan fingerprint density at radius 2 is 1.82 bits per heavy atom. The van der Waals surface area contributed by atoms with Crippen LogP contribution in [0.15, 0.2) is 6.07 Å². The van der Waals surface area contributed by atoms with Gasteiger partial charge in [0.1, 0.15) is 0 Å². The van der Waals surface area contributed by atoms with Crippen molar-refractivity contribution >= 4 is 11.4 Å². The molecular formula is C20H32N2. The molecule has 0 unspecified atom stereocenters. The van der Waals surface area contributed by atoms with Crippen molar-refractivity contribution in [2.45, 2.75) is 78.1 Å². The molecule has 0 aliphatic heterocycles. The van der Waals surface area contributed by atoms with E-state index in [1.807, 2.05) is 0 Å². The summed E-state index contributed by atoms with van der Waals surface area (Å²) in [7, 11) is 0.